The number of hydrogen-bond acceptors (Lipinski definition) is 1. The molecule has 1 amide bonds. The van der Waals surface area contributed by atoms with E-state index in [1.807, 2.05) is 0 Å². The molecule has 0 N–H and O–H groups in total. The SMILES string of the molecule is CN(C)C(=O)c1ccc(F)c(-c2ccccc2-c2ccccc2)c1C(F)(F)F. The van der Waals surface area contributed by atoms with Crippen LogP contribution in [-0.4, -0.2) is 24.9 Å². The Morgan fingerprint density at radius 3 is 1.96 bits per heavy atom. The van der Waals surface area contributed by atoms with Crippen molar-refractivity contribution in [2.75, 3.05) is 14.1 Å². The van der Waals surface area contributed by atoms with Gasteiger partial charge in [0.1, 0.15) is 5.82 Å². The van der Waals surface area contributed by atoms with Gasteiger partial charge < -0.3 is 4.90 Å². The van der Waals surface area contributed by atoms with E-state index >= 15 is 0 Å². The van der Waals surface area contributed by atoms with Crippen molar-refractivity contribution in [3.05, 3.63) is 83.7 Å². The average molecular weight is 387 g/mol. The van der Waals surface area contributed by atoms with Crippen LogP contribution in [0.4, 0.5) is 17.6 Å². The standard InChI is InChI=1S/C22H17F4NO/c1-27(2)21(28)17-12-13-18(23)19(20(17)22(24,25)26)16-11-7-6-10-15(16)14-8-4-3-5-9-14/h3-13H,1-2H3. The van der Waals surface area contributed by atoms with E-state index in [-0.39, 0.29) is 5.56 Å². The van der Waals surface area contributed by atoms with E-state index in [4.69, 9.17) is 0 Å². The zero-order chi connectivity index (χ0) is 20.5. The van der Waals surface area contributed by atoms with Crippen molar-refractivity contribution in [3.8, 4) is 22.3 Å². The van der Waals surface area contributed by atoms with Gasteiger partial charge in [0.05, 0.1) is 11.1 Å². The van der Waals surface area contributed by atoms with E-state index in [0.29, 0.717) is 11.1 Å². The van der Waals surface area contributed by atoms with E-state index in [9.17, 15) is 22.4 Å². The summed E-state index contributed by atoms with van der Waals surface area (Å²) in [6.45, 7) is 0. The van der Waals surface area contributed by atoms with Crippen LogP contribution in [-0.2, 0) is 6.18 Å². The molecule has 0 aliphatic carbocycles. The summed E-state index contributed by atoms with van der Waals surface area (Å²) in [6.07, 6.45) is -4.91. The van der Waals surface area contributed by atoms with Crippen molar-refractivity contribution >= 4 is 5.91 Å². The third-order valence-corrected chi connectivity index (χ3v) is 4.36. The first-order chi connectivity index (χ1) is 13.2. The summed E-state index contributed by atoms with van der Waals surface area (Å²) >= 11 is 0. The van der Waals surface area contributed by atoms with Gasteiger partial charge in [-0.25, -0.2) is 4.39 Å². The molecule has 3 rings (SSSR count). The highest BCUT2D eigenvalue weighted by Gasteiger charge is 2.40. The summed E-state index contributed by atoms with van der Waals surface area (Å²) in [5, 5.41) is 0. The first kappa shape index (κ1) is 19.6. The van der Waals surface area contributed by atoms with Gasteiger partial charge >= 0.3 is 6.18 Å². The molecule has 0 aromatic heterocycles. The number of alkyl halides is 3. The second-order valence-electron chi connectivity index (χ2n) is 6.45. The van der Waals surface area contributed by atoms with Crippen LogP contribution >= 0.6 is 0 Å². The molecule has 0 unspecified atom stereocenters. The Morgan fingerprint density at radius 1 is 0.821 bits per heavy atom. The summed E-state index contributed by atoms with van der Waals surface area (Å²) in [4.78, 5) is 13.4. The van der Waals surface area contributed by atoms with Crippen LogP contribution in [0.1, 0.15) is 15.9 Å². The maximum Gasteiger partial charge on any atom is 0.417 e. The lowest BCUT2D eigenvalue weighted by atomic mass is 9.88. The Hall–Kier alpha value is -3.15. The van der Waals surface area contributed by atoms with E-state index < -0.39 is 34.6 Å². The van der Waals surface area contributed by atoms with Gasteiger partial charge in [0.15, 0.2) is 0 Å². The molecule has 0 saturated heterocycles. The maximum atomic E-state index is 14.8. The van der Waals surface area contributed by atoms with Crippen LogP contribution in [0.15, 0.2) is 66.7 Å². The molecule has 144 valence electrons. The summed E-state index contributed by atoms with van der Waals surface area (Å²) in [7, 11) is 2.70. The van der Waals surface area contributed by atoms with Gasteiger partial charge in [-0.1, -0.05) is 54.6 Å². The normalized spacial score (nSPS) is 11.4. The molecule has 0 heterocycles. The van der Waals surface area contributed by atoms with Crippen molar-refractivity contribution < 1.29 is 22.4 Å². The molecule has 0 radical (unpaired) electrons. The van der Waals surface area contributed by atoms with E-state index in [1.165, 1.54) is 20.2 Å². The average Bonchev–Trinajstić information content (AvgIpc) is 2.67. The zero-order valence-corrected chi connectivity index (χ0v) is 15.2. The molecule has 0 atom stereocenters. The molecule has 2 nitrogen and oxygen atoms in total. The van der Waals surface area contributed by atoms with Crippen molar-refractivity contribution in [2.24, 2.45) is 0 Å². The highest BCUT2D eigenvalue weighted by Crippen LogP contribution is 2.44. The molecule has 0 spiro atoms. The van der Waals surface area contributed by atoms with Gasteiger partial charge in [-0.3, -0.25) is 4.79 Å². The van der Waals surface area contributed by atoms with Crippen LogP contribution in [0.25, 0.3) is 22.3 Å². The topological polar surface area (TPSA) is 20.3 Å². The van der Waals surface area contributed by atoms with Gasteiger partial charge in [0, 0.05) is 19.7 Å². The van der Waals surface area contributed by atoms with Gasteiger partial charge in [-0.2, -0.15) is 13.2 Å². The predicted molar refractivity (Wildman–Crippen MR) is 100 cm³/mol. The molecule has 0 fully saturated rings. The van der Waals surface area contributed by atoms with Crippen molar-refractivity contribution in [2.45, 2.75) is 6.18 Å². The Balaban J connectivity index is 2.38. The lowest BCUT2D eigenvalue weighted by Gasteiger charge is -2.21. The van der Waals surface area contributed by atoms with E-state index in [0.717, 1.165) is 17.0 Å². The minimum atomic E-state index is -4.91. The molecular formula is C22H17F4NO. The second-order valence-corrected chi connectivity index (χ2v) is 6.45. The third kappa shape index (κ3) is 3.63. The number of amides is 1. The summed E-state index contributed by atoms with van der Waals surface area (Å²) in [5.41, 5.74) is -1.31. The van der Waals surface area contributed by atoms with E-state index in [1.54, 1.807) is 48.5 Å². The predicted octanol–water partition coefficient (Wildman–Crippen LogP) is 5.88. The highest BCUT2D eigenvalue weighted by molar-refractivity contribution is 5.99. The lowest BCUT2D eigenvalue weighted by molar-refractivity contribution is -0.137. The number of carbonyl (C=O) groups excluding carboxylic acids is 1. The number of carbonyl (C=O) groups is 1. The molecule has 0 saturated carbocycles. The fourth-order valence-corrected chi connectivity index (χ4v) is 3.12. The van der Waals surface area contributed by atoms with Crippen LogP contribution in [0, 0.1) is 5.82 Å². The minimum Gasteiger partial charge on any atom is -0.345 e. The van der Waals surface area contributed by atoms with Crippen LogP contribution in [0.2, 0.25) is 0 Å². The van der Waals surface area contributed by atoms with E-state index in [2.05, 4.69) is 0 Å². The third-order valence-electron chi connectivity index (χ3n) is 4.36. The van der Waals surface area contributed by atoms with Gasteiger partial charge in [-0.15, -0.1) is 0 Å². The molecular weight excluding hydrogens is 370 g/mol. The number of halogens is 4. The lowest BCUT2D eigenvalue weighted by Crippen LogP contribution is -2.26. The molecule has 0 bridgehead atoms. The molecule has 0 aliphatic heterocycles. The second kappa shape index (κ2) is 7.46. The molecule has 28 heavy (non-hydrogen) atoms. The fourth-order valence-electron chi connectivity index (χ4n) is 3.12. The number of benzene rings is 3. The Morgan fingerprint density at radius 2 is 1.39 bits per heavy atom. The van der Waals surface area contributed by atoms with Crippen molar-refractivity contribution in [1.29, 1.82) is 0 Å². The molecule has 6 heteroatoms. The largest absolute Gasteiger partial charge is 0.417 e. The fraction of sp³-hybridized carbons (Fsp3) is 0.136. The number of nitrogens with zero attached hydrogens (tertiary/aromatic N) is 1. The Labute approximate surface area is 160 Å². The minimum absolute atomic E-state index is 0.0759. The molecule has 3 aromatic carbocycles. The van der Waals surface area contributed by atoms with Crippen LogP contribution < -0.4 is 0 Å². The number of rotatable bonds is 3. The highest BCUT2D eigenvalue weighted by atomic mass is 19.4. The molecule has 0 aliphatic rings. The summed E-state index contributed by atoms with van der Waals surface area (Å²) in [6, 6.07) is 16.8. The monoisotopic (exact) mass is 387 g/mol. The summed E-state index contributed by atoms with van der Waals surface area (Å²) < 4.78 is 56.8. The van der Waals surface area contributed by atoms with Crippen LogP contribution in [0.3, 0.4) is 0 Å². The molecule has 3 aromatic rings. The first-order valence-corrected chi connectivity index (χ1v) is 8.48. The zero-order valence-electron chi connectivity index (χ0n) is 15.2. The van der Waals surface area contributed by atoms with Gasteiger partial charge in [0.25, 0.3) is 5.91 Å². The smallest absolute Gasteiger partial charge is 0.345 e. The van der Waals surface area contributed by atoms with Crippen LogP contribution in [0.5, 0.6) is 0 Å². The van der Waals surface area contributed by atoms with Gasteiger partial charge in [-0.05, 0) is 28.8 Å². The van der Waals surface area contributed by atoms with Gasteiger partial charge in [0.2, 0.25) is 0 Å². The first-order valence-electron chi connectivity index (χ1n) is 8.48. The number of hydrogen-bond donors (Lipinski definition) is 0. The maximum absolute atomic E-state index is 14.8. The van der Waals surface area contributed by atoms with Crippen molar-refractivity contribution in [3.63, 3.8) is 0 Å². The Bertz CT molecular complexity index is 1010. The van der Waals surface area contributed by atoms with Crippen molar-refractivity contribution in [1.82, 2.24) is 4.90 Å². The quantitative estimate of drug-likeness (QED) is 0.514. The Kier molecular flexibility index (Phi) is 5.23. The summed E-state index contributed by atoms with van der Waals surface area (Å²) in [5.74, 6) is -1.88.